The highest BCUT2D eigenvalue weighted by atomic mass is 16.5. The molecular formula is C12H13N3O2. The Morgan fingerprint density at radius 1 is 1.35 bits per heavy atom. The number of rotatable bonds is 3. The van der Waals surface area contributed by atoms with Gasteiger partial charge >= 0.3 is 0 Å². The Kier molecular flexibility index (Phi) is 3.09. The smallest absolute Gasteiger partial charge is 0.254 e. The van der Waals surface area contributed by atoms with E-state index in [1.165, 1.54) is 6.07 Å². The first-order chi connectivity index (χ1) is 8.13. The molecule has 5 nitrogen and oxygen atoms in total. The molecule has 1 heterocycles. The molecule has 0 radical (unpaired) electrons. The topological polar surface area (TPSA) is 81.0 Å². The van der Waals surface area contributed by atoms with E-state index in [9.17, 15) is 4.79 Å². The summed E-state index contributed by atoms with van der Waals surface area (Å²) in [5.41, 5.74) is 7.04. The van der Waals surface area contributed by atoms with Crippen molar-refractivity contribution in [2.45, 2.75) is 13.5 Å². The lowest BCUT2D eigenvalue weighted by Crippen LogP contribution is -2.09. The number of hydrogen-bond donors (Lipinski definition) is 2. The van der Waals surface area contributed by atoms with Crippen molar-refractivity contribution in [1.82, 2.24) is 9.97 Å². The van der Waals surface area contributed by atoms with E-state index in [4.69, 9.17) is 10.5 Å². The molecule has 5 heteroatoms. The Morgan fingerprint density at radius 3 is 2.71 bits per heavy atom. The number of anilines is 1. The fourth-order valence-corrected chi connectivity index (χ4v) is 1.40. The van der Waals surface area contributed by atoms with Crippen LogP contribution in [-0.4, -0.2) is 9.97 Å². The third-order valence-electron chi connectivity index (χ3n) is 2.20. The second-order valence-corrected chi connectivity index (χ2v) is 3.70. The Labute approximate surface area is 98.3 Å². The number of H-pyrrole nitrogens is 1. The molecule has 2 rings (SSSR count). The molecule has 0 unspecified atom stereocenters. The van der Waals surface area contributed by atoms with Crippen molar-refractivity contribution in [3.8, 4) is 5.88 Å². The minimum atomic E-state index is -0.218. The summed E-state index contributed by atoms with van der Waals surface area (Å²) in [5, 5.41) is 0. The van der Waals surface area contributed by atoms with Crippen LogP contribution < -0.4 is 16.0 Å². The van der Waals surface area contributed by atoms with Gasteiger partial charge in [-0.3, -0.25) is 4.79 Å². The van der Waals surface area contributed by atoms with Crippen LogP contribution in [0.15, 0.2) is 35.1 Å². The van der Waals surface area contributed by atoms with Gasteiger partial charge in [-0.05, 0) is 24.6 Å². The first kappa shape index (κ1) is 11.2. The summed E-state index contributed by atoms with van der Waals surface area (Å²) in [6, 6.07) is 8.67. The molecule has 0 aliphatic rings. The van der Waals surface area contributed by atoms with Crippen molar-refractivity contribution in [2.24, 2.45) is 0 Å². The third kappa shape index (κ3) is 3.07. The zero-order valence-corrected chi connectivity index (χ0v) is 9.43. The predicted molar refractivity (Wildman–Crippen MR) is 64.8 cm³/mol. The fraction of sp³-hybridized carbons (Fsp3) is 0.167. The van der Waals surface area contributed by atoms with Crippen molar-refractivity contribution in [2.75, 3.05) is 5.73 Å². The average molecular weight is 231 g/mol. The van der Waals surface area contributed by atoms with Crippen LogP contribution in [0.1, 0.15) is 11.4 Å². The molecule has 0 fully saturated rings. The molecule has 3 N–H and O–H groups in total. The van der Waals surface area contributed by atoms with E-state index in [-0.39, 0.29) is 5.56 Å². The molecule has 0 spiro atoms. The largest absolute Gasteiger partial charge is 0.473 e. The molecule has 0 aliphatic carbocycles. The number of nitrogens with zero attached hydrogens (tertiary/aromatic N) is 1. The summed E-state index contributed by atoms with van der Waals surface area (Å²) in [6.07, 6.45) is 0. The second kappa shape index (κ2) is 4.69. The highest BCUT2D eigenvalue weighted by molar-refractivity contribution is 5.39. The van der Waals surface area contributed by atoms with Crippen LogP contribution in [0.3, 0.4) is 0 Å². The van der Waals surface area contributed by atoms with Gasteiger partial charge in [0, 0.05) is 5.69 Å². The lowest BCUT2D eigenvalue weighted by Gasteiger charge is -2.05. The fourth-order valence-electron chi connectivity index (χ4n) is 1.40. The second-order valence-electron chi connectivity index (χ2n) is 3.70. The number of nitrogen functional groups attached to an aromatic ring is 1. The minimum Gasteiger partial charge on any atom is -0.473 e. The van der Waals surface area contributed by atoms with Crippen LogP contribution in [0.4, 0.5) is 5.69 Å². The van der Waals surface area contributed by atoms with E-state index in [0.717, 1.165) is 5.56 Å². The number of ether oxygens (including phenoxy) is 1. The number of nitrogens with two attached hydrogens (primary N) is 1. The standard InChI is InChI=1S/C12H13N3O2/c1-8-14-11(16)6-12(15-8)17-7-9-2-4-10(13)5-3-9/h2-6H,7,13H2,1H3,(H,14,15,16). The van der Waals surface area contributed by atoms with Gasteiger partial charge in [0.2, 0.25) is 5.88 Å². The van der Waals surface area contributed by atoms with Gasteiger partial charge < -0.3 is 15.5 Å². The Bertz CT molecular complexity index is 561. The van der Waals surface area contributed by atoms with Gasteiger partial charge in [0.25, 0.3) is 5.56 Å². The summed E-state index contributed by atoms with van der Waals surface area (Å²) in [7, 11) is 0. The highest BCUT2D eigenvalue weighted by Crippen LogP contribution is 2.09. The molecular weight excluding hydrogens is 218 g/mol. The summed E-state index contributed by atoms with van der Waals surface area (Å²) in [4.78, 5) is 17.8. The number of benzene rings is 1. The highest BCUT2D eigenvalue weighted by Gasteiger charge is 2.00. The number of aryl methyl sites for hydroxylation is 1. The molecule has 0 bridgehead atoms. The molecule has 1 aromatic heterocycles. The van der Waals surface area contributed by atoms with E-state index in [1.807, 2.05) is 12.1 Å². The van der Waals surface area contributed by atoms with Crippen molar-refractivity contribution in [3.63, 3.8) is 0 Å². The van der Waals surface area contributed by atoms with E-state index < -0.39 is 0 Å². The van der Waals surface area contributed by atoms with Crippen LogP contribution in [0.2, 0.25) is 0 Å². The monoisotopic (exact) mass is 231 g/mol. The maximum atomic E-state index is 11.2. The van der Waals surface area contributed by atoms with E-state index in [0.29, 0.717) is 24.0 Å². The normalized spacial score (nSPS) is 10.2. The minimum absolute atomic E-state index is 0.218. The molecule has 0 aliphatic heterocycles. The van der Waals surface area contributed by atoms with Gasteiger partial charge in [-0.2, -0.15) is 0 Å². The third-order valence-corrected chi connectivity index (χ3v) is 2.20. The van der Waals surface area contributed by atoms with Gasteiger partial charge in [-0.15, -0.1) is 0 Å². The number of hydrogen-bond acceptors (Lipinski definition) is 4. The van der Waals surface area contributed by atoms with E-state index in [1.54, 1.807) is 19.1 Å². The maximum Gasteiger partial charge on any atom is 0.254 e. The number of aromatic amines is 1. The molecule has 17 heavy (non-hydrogen) atoms. The average Bonchev–Trinajstić information content (AvgIpc) is 2.27. The molecule has 88 valence electrons. The number of nitrogens with one attached hydrogen (secondary N) is 1. The van der Waals surface area contributed by atoms with Crippen LogP contribution in [0.25, 0.3) is 0 Å². The number of aromatic nitrogens is 2. The zero-order valence-electron chi connectivity index (χ0n) is 9.43. The summed E-state index contributed by atoms with van der Waals surface area (Å²) < 4.78 is 5.42. The van der Waals surface area contributed by atoms with Gasteiger partial charge in [0.1, 0.15) is 12.4 Å². The van der Waals surface area contributed by atoms with Gasteiger partial charge in [0.05, 0.1) is 6.07 Å². The van der Waals surface area contributed by atoms with Crippen LogP contribution >= 0.6 is 0 Å². The van der Waals surface area contributed by atoms with E-state index in [2.05, 4.69) is 9.97 Å². The zero-order chi connectivity index (χ0) is 12.3. The van der Waals surface area contributed by atoms with Crippen molar-refractivity contribution < 1.29 is 4.74 Å². The van der Waals surface area contributed by atoms with Crippen molar-refractivity contribution in [1.29, 1.82) is 0 Å². The SMILES string of the molecule is Cc1nc(OCc2ccc(N)cc2)cc(=O)[nH]1. The summed E-state index contributed by atoms with van der Waals surface area (Å²) in [6.45, 7) is 2.06. The predicted octanol–water partition coefficient (Wildman–Crippen LogP) is 1.24. The molecule has 0 amide bonds. The Morgan fingerprint density at radius 2 is 2.06 bits per heavy atom. The first-order valence-electron chi connectivity index (χ1n) is 5.19. The quantitative estimate of drug-likeness (QED) is 0.779. The lowest BCUT2D eigenvalue weighted by atomic mass is 10.2. The Hall–Kier alpha value is -2.30. The molecule has 0 saturated heterocycles. The lowest BCUT2D eigenvalue weighted by molar-refractivity contribution is 0.292. The van der Waals surface area contributed by atoms with Gasteiger partial charge in [-0.1, -0.05) is 12.1 Å². The Balaban J connectivity index is 2.07. The van der Waals surface area contributed by atoms with Gasteiger partial charge in [-0.25, -0.2) is 4.98 Å². The summed E-state index contributed by atoms with van der Waals surface area (Å²) >= 11 is 0. The van der Waals surface area contributed by atoms with Crippen LogP contribution in [0, 0.1) is 6.92 Å². The van der Waals surface area contributed by atoms with Crippen molar-refractivity contribution >= 4 is 5.69 Å². The maximum absolute atomic E-state index is 11.2. The first-order valence-corrected chi connectivity index (χ1v) is 5.19. The van der Waals surface area contributed by atoms with Gasteiger partial charge in [0.15, 0.2) is 0 Å². The summed E-state index contributed by atoms with van der Waals surface area (Å²) in [5.74, 6) is 0.855. The van der Waals surface area contributed by atoms with Crippen molar-refractivity contribution in [3.05, 3.63) is 52.1 Å². The molecule has 2 aromatic rings. The van der Waals surface area contributed by atoms with Crippen LogP contribution in [0.5, 0.6) is 5.88 Å². The molecule has 0 saturated carbocycles. The molecule has 0 atom stereocenters. The van der Waals surface area contributed by atoms with E-state index >= 15 is 0 Å². The molecule has 1 aromatic carbocycles. The van der Waals surface area contributed by atoms with Crippen LogP contribution in [-0.2, 0) is 6.61 Å².